The van der Waals surface area contributed by atoms with Gasteiger partial charge in [0, 0.05) is 6.54 Å². The van der Waals surface area contributed by atoms with E-state index in [1.807, 2.05) is 60.7 Å². The zero-order valence-corrected chi connectivity index (χ0v) is 16.4. The molecule has 0 atom stereocenters. The second-order valence-electron chi connectivity index (χ2n) is 6.44. The third-order valence-corrected chi connectivity index (χ3v) is 5.41. The van der Waals surface area contributed by atoms with Crippen LogP contribution in [0.5, 0.6) is 0 Å². The molecule has 0 saturated heterocycles. The minimum Gasteiger partial charge on any atom is -0.348 e. The summed E-state index contributed by atoms with van der Waals surface area (Å²) in [6.07, 6.45) is 1.15. The third-order valence-electron chi connectivity index (χ3n) is 4.28. The van der Waals surface area contributed by atoms with Crippen LogP contribution in [0.4, 0.5) is 5.69 Å². The van der Waals surface area contributed by atoms with Crippen molar-refractivity contribution in [3.63, 3.8) is 0 Å². The molecule has 0 heterocycles. The number of hydrogen-bond donors (Lipinski definition) is 1. The molecule has 0 unspecified atom stereocenters. The van der Waals surface area contributed by atoms with Crippen molar-refractivity contribution in [2.24, 2.45) is 0 Å². The summed E-state index contributed by atoms with van der Waals surface area (Å²) in [5, 5.41) is 2.87. The second kappa shape index (κ2) is 8.71. The van der Waals surface area contributed by atoms with E-state index in [1.165, 1.54) is 4.31 Å². The number of amides is 1. The smallest absolute Gasteiger partial charge is 0.253 e. The Morgan fingerprint density at radius 1 is 0.821 bits per heavy atom. The molecule has 6 heteroatoms. The number of benzene rings is 3. The van der Waals surface area contributed by atoms with E-state index >= 15 is 0 Å². The van der Waals surface area contributed by atoms with Crippen LogP contribution in [-0.4, -0.2) is 20.6 Å². The van der Waals surface area contributed by atoms with E-state index in [2.05, 4.69) is 5.32 Å². The van der Waals surface area contributed by atoms with Gasteiger partial charge in [0.1, 0.15) is 0 Å². The lowest BCUT2D eigenvalue weighted by Crippen LogP contribution is -2.32. The summed E-state index contributed by atoms with van der Waals surface area (Å²) in [6, 6.07) is 25.6. The zero-order chi connectivity index (χ0) is 20.0. The standard InChI is InChI=1S/C22H22N2O3S/c1-28(26,27)24(17-19-12-6-3-7-13-19)21-15-9-8-14-20(21)22(25)23-16-18-10-4-2-5-11-18/h2-15H,16-17H2,1H3,(H,23,25). The monoisotopic (exact) mass is 394 g/mol. The van der Waals surface area contributed by atoms with Crippen LogP contribution >= 0.6 is 0 Å². The van der Waals surface area contributed by atoms with Crippen molar-refractivity contribution < 1.29 is 13.2 Å². The lowest BCUT2D eigenvalue weighted by molar-refractivity contribution is 0.0951. The molecule has 0 bridgehead atoms. The van der Waals surface area contributed by atoms with Crippen LogP contribution in [-0.2, 0) is 23.1 Å². The molecule has 0 aliphatic rings. The van der Waals surface area contributed by atoms with E-state index in [0.717, 1.165) is 17.4 Å². The largest absolute Gasteiger partial charge is 0.348 e. The van der Waals surface area contributed by atoms with Crippen molar-refractivity contribution in [3.05, 3.63) is 102 Å². The SMILES string of the molecule is CS(=O)(=O)N(Cc1ccccc1)c1ccccc1C(=O)NCc1ccccc1. The Kier molecular flexibility index (Phi) is 6.11. The maximum Gasteiger partial charge on any atom is 0.253 e. The van der Waals surface area contributed by atoms with Gasteiger partial charge in [-0.25, -0.2) is 8.42 Å². The lowest BCUT2D eigenvalue weighted by atomic mass is 10.1. The highest BCUT2D eigenvalue weighted by Gasteiger charge is 2.23. The van der Waals surface area contributed by atoms with E-state index in [0.29, 0.717) is 17.8 Å². The summed E-state index contributed by atoms with van der Waals surface area (Å²) in [5.41, 5.74) is 2.49. The minimum absolute atomic E-state index is 0.155. The van der Waals surface area contributed by atoms with Crippen molar-refractivity contribution in [1.82, 2.24) is 5.32 Å². The number of nitrogens with one attached hydrogen (secondary N) is 1. The second-order valence-corrected chi connectivity index (χ2v) is 8.35. The van der Waals surface area contributed by atoms with Crippen LogP contribution in [0, 0.1) is 0 Å². The molecule has 0 aliphatic carbocycles. The molecule has 0 spiro atoms. The summed E-state index contributed by atoms with van der Waals surface area (Å²) in [4.78, 5) is 12.8. The molecule has 3 aromatic carbocycles. The molecule has 0 fully saturated rings. The number of rotatable bonds is 7. The van der Waals surface area contributed by atoms with Crippen LogP contribution in [0.3, 0.4) is 0 Å². The first kappa shape index (κ1) is 19.6. The molecule has 1 N–H and O–H groups in total. The predicted octanol–water partition coefficient (Wildman–Crippen LogP) is 3.58. The van der Waals surface area contributed by atoms with Gasteiger partial charge < -0.3 is 5.32 Å². The Bertz CT molecular complexity index is 1040. The molecule has 3 rings (SSSR count). The molecular weight excluding hydrogens is 372 g/mol. The molecule has 0 saturated carbocycles. The number of sulfonamides is 1. The van der Waals surface area contributed by atoms with Crippen molar-refractivity contribution >= 4 is 21.6 Å². The molecule has 144 valence electrons. The van der Waals surface area contributed by atoms with Gasteiger partial charge in [0.2, 0.25) is 10.0 Å². The fourth-order valence-corrected chi connectivity index (χ4v) is 3.79. The number of carbonyl (C=O) groups is 1. The Labute approximate surface area is 165 Å². The predicted molar refractivity (Wildman–Crippen MR) is 112 cm³/mol. The van der Waals surface area contributed by atoms with Crippen molar-refractivity contribution in [3.8, 4) is 0 Å². The summed E-state index contributed by atoms with van der Waals surface area (Å²) < 4.78 is 26.2. The van der Waals surface area contributed by atoms with Crippen LogP contribution in [0.1, 0.15) is 21.5 Å². The number of anilines is 1. The summed E-state index contributed by atoms with van der Waals surface area (Å²) in [7, 11) is -3.59. The Morgan fingerprint density at radius 3 is 1.96 bits per heavy atom. The summed E-state index contributed by atoms with van der Waals surface area (Å²) >= 11 is 0. The van der Waals surface area contributed by atoms with Crippen LogP contribution in [0.25, 0.3) is 0 Å². The number of hydrogen-bond acceptors (Lipinski definition) is 3. The van der Waals surface area contributed by atoms with Gasteiger partial charge in [0.25, 0.3) is 5.91 Å². The first-order chi connectivity index (χ1) is 13.4. The summed E-state index contributed by atoms with van der Waals surface area (Å²) in [6.45, 7) is 0.522. The zero-order valence-electron chi connectivity index (χ0n) is 15.6. The van der Waals surface area contributed by atoms with Crippen molar-refractivity contribution in [2.75, 3.05) is 10.6 Å². The molecule has 0 radical (unpaired) electrons. The van der Waals surface area contributed by atoms with Crippen LogP contribution < -0.4 is 9.62 Å². The first-order valence-corrected chi connectivity index (χ1v) is 10.7. The van der Waals surface area contributed by atoms with E-state index in [9.17, 15) is 13.2 Å². The van der Waals surface area contributed by atoms with Crippen LogP contribution in [0.2, 0.25) is 0 Å². The van der Waals surface area contributed by atoms with Crippen molar-refractivity contribution in [2.45, 2.75) is 13.1 Å². The third kappa shape index (κ3) is 4.98. The van der Waals surface area contributed by atoms with Gasteiger partial charge in [-0.2, -0.15) is 0 Å². The highest BCUT2D eigenvalue weighted by Crippen LogP contribution is 2.25. The highest BCUT2D eigenvalue weighted by atomic mass is 32.2. The number of para-hydroxylation sites is 1. The molecule has 28 heavy (non-hydrogen) atoms. The Hall–Kier alpha value is -3.12. The number of nitrogens with zero attached hydrogens (tertiary/aromatic N) is 1. The molecule has 0 aliphatic heterocycles. The van der Waals surface area contributed by atoms with Crippen LogP contribution in [0.15, 0.2) is 84.9 Å². The highest BCUT2D eigenvalue weighted by molar-refractivity contribution is 7.92. The van der Waals surface area contributed by atoms with Gasteiger partial charge >= 0.3 is 0 Å². The van der Waals surface area contributed by atoms with E-state index in [4.69, 9.17) is 0 Å². The number of carbonyl (C=O) groups excluding carboxylic acids is 1. The Balaban J connectivity index is 1.88. The molecule has 5 nitrogen and oxygen atoms in total. The molecule has 0 aromatic heterocycles. The molecule has 1 amide bonds. The average molecular weight is 394 g/mol. The van der Waals surface area contributed by atoms with Gasteiger partial charge in [0.15, 0.2) is 0 Å². The van der Waals surface area contributed by atoms with Gasteiger partial charge in [-0.05, 0) is 23.3 Å². The van der Waals surface area contributed by atoms with E-state index < -0.39 is 10.0 Å². The fraction of sp³-hybridized carbons (Fsp3) is 0.136. The first-order valence-electron chi connectivity index (χ1n) is 8.88. The fourth-order valence-electron chi connectivity index (χ4n) is 2.89. The van der Waals surface area contributed by atoms with Gasteiger partial charge in [-0.15, -0.1) is 0 Å². The van der Waals surface area contributed by atoms with Gasteiger partial charge in [-0.3, -0.25) is 9.10 Å². The lowest BCUT2D eigenvalue weighted by Gasteiger charge is -2.24. The summed E-state index contributed by atoms with van der Waals surface area (Å²) in [5.74, 6) is -0.318. The van der Waals surface area contributed by atoms with Gasteiger partial charge in [0.05, 0.1) is 24.1 Å². The average Bonchev–Trinajstić information content (AvgIpc) is 2.71. The molecular formula is C22H22N2O3S. The van der Waals surface area contributed by atoms with Gasteiger partial charge in [-0.1, -0.05) is 72.8 Å². The minimum atomic E-state index is -3.59. The van der Waals surface area contributed by atoms with Crippen molar-refractivity contribution in [1.29, 1.82) is 0 Å². The normalized spacial score (nSPS) is 11.0. The van der Waals surface area contributed by atoms with E-state index in [1.54, 1.807) is 24.3 Å². The Morgan fingerprint density at radius 2 is 1.36 bits per heavy atom. The quantitative estimate of drug-likeness (QED) is 0.666. The topological polar surface area (TPSA) is 66.5 Å². The maximum absolute atomic E-state index is 12.8. The maximum atomic E-state index is 12.8. The van der Waals surface area contributed by atoms with E-state index in [-0.39, 0.29) is 12.5 Å². The molecule has 3 aromatic rings.